The number of hydrogen-bond donors (Lipinski definition) is 0. The number of hydrogen-bond acceptors (Lipinski definition) is 5. The van der Waals surface area contributed by atoms with E-state index in [1.807, 2.05) is 40.4 Å². The van der Waals surface area contributed by atoms with Crippen LogP contribution >= 0.6 is 10.7 Å². The zero-order valence-electron chi connectivity index (χ0n) is 13.5. The molecule has 6 nitrogen and oxygen atoms in total. The molecule has 0 aromatic rings. The maximum atomic E-state index is 12.1. The SMILES string of the molecule is CC(OC(C)(C)C)C1C(=O)N(S(=O)(=O)Cl)C1O[Si](C)(C)C. The van der Waals surface area contributed by atoms with E-state index in [2.05, 4.69) is 0 Å². The molecule has 0 saturated carbocycles. The number of carbonyl (C=O) groups excluding carboxylic acids is 1. The molecule has 0 spiro atoms. The van der Waals surface area contributed by atoms with Crippen LogP contribution in [0.2, 0.25) is 19.6 Å². The minimum atomic E-state index is -4.15. The first-order valence-corrected chi connectivity index (χ1v) is 12.4. The van der Waals surface area contributed by atoms with Gasteiger partial charge >= 0.3 is 9.24 Å². The van der Waals surface area contributed by atoms with Gasteiger partial charge in [0.25, 0.3) is 0 Å². The number of nitrogens with zero attached hydrogens (tertiary/aromatic N) is 1. The quantitative estimate of drug-likeness (QED) is 0.429. The summed E-state index contributed by atoms with van der Waals surface area (Å²) < 4.78 is 35.3. The van der Waals surface area contributed by atoms with Gasteiger partial charge < -0.3 is 9.16 Å². The number of carbonyl (C=O) groups is 1. The van der Waals surface area contributed by atoms with Crippen molar-refractivity contribution in [2.75, 3.05) is 0 Å². The molecule has 1 rings (SSSR count). The van der Waals surface area contributed by atoms with E-state index in [1.165, 1.54) is 0 Å². The third-order valence-corrected chi connectivity index (χ3v) is 5.05. The first-order valence-electron chi connectivity index (χ1n) is 6.77. The van der Waals surface area contributed by atoms with Crippen LogP contribution < -0.4 is 0 Å². The number of halogens is 1. The lowest BCUT2D eigenvalue weighted by Crippen LogP contribution is -2.68. The third kappa shape index (κ3) is 4.92. The number of β-lactam (4-membered cyclic amide) rings is 1. The fourth-order valence-electron chi connectivity index (χ4n) is 2.24. The van der Waals surface area contributed by atoms with Gasteiger partial charge in [0.15, 0.2) is 14.5 Å². The van der Waals surface area contributed by atoms with Crippen molar-refractivity contribution in [3.63, 3.8) is 0 Å². The smallest absolute Gasteiger partial charge is 0.326 e. The molecule has 0 bridgehead atoms. The molecule has 0 radical (unpaired) electrons. The first kappa shape index (κ1) is 18.9. The summed E-state index contributed by atoms with van der Waals surface area (Å²) in [6, 6.07) is 0. The normalized spacial score (nSPS) is 25.7. The van der Waals surface area contributed by atoms with Crippen LogP contribution in [0.1, 0.15) is 27.7 Å². The fraction of sp³-hybridized carbons (Fsp3) is 0.917. The highest BCUT2D eigenvalue weighted by Gasteiger charge is 2.57. The second kappa shape index (κ2) is 5.81. The Kier molecular flexibility index (Phi) is 5.22. The molecule has 1 heterocycles. The lowest BCUT2D eigenvalue weighted by Gasteiger charge is -2.49. The third-order valence-electron chi connectivity index (χ3n) is 2.80. The Bertz CT molecular complexity index is 511. The zero-order chi connectivity index (χ0) is 16.8. The molecule has 0 N–H and O–H groups in total. The monoisotopic (exact) mass is 357 g/mol. The van der Waals surface area contributed by atoms with E-state index in [0.717, 1.165) is 0 Å². The highest BCUT2D eigenvalue weighted by molar-refractivity contribution is 8.12. The van der Waals surface area contributed by atoms with Gasteiger partial charge in [-0.05, 0) is 47.3 Å². The van der Waals surface area contributed by atoms with Gasteiger partial charge in [-0.1, -0.05) is 0 Å². The van der Waals surface area contributed by atoms with Crippen LogP contribution in [0.25, 0.3) is 0 Å². The van der Waals surface area contributed by atoms with Gasteiger partial charge in [0.05, 0.1) is 11.7 Å². The van der Waals surface area contributed by atoms with Crippen LogP contribution in [0, 0.1) is 5.92 Å². The Balaban J connectivity index is 3.00. The summed E-state index contributed by atoms with van der Waals surface area (Å²) >= 11 is 0. The average molecular weight is 358 g/mol. The lowest BCUT2D eigenvalue weighted by atomic mass is 9.93. The van der Waals surface area contributed by atoms with Crippen LogP contribution in [-0.4, -0.2) is 44.9 Å². The minimum Gasteiger partial charge on any atom is -0.396 e. The Morgan fingerprint density at radius 1 is 1.29 bits per heavy atom. The maximum absolute atomic E-state index is 12.1. The average Bonchev–Trinajstić information content (AvgIpc) is 2.07. The highest BCUT2D eigenvalue weighted by Crippen LogP contribution is 2.38. The largest absolute Gasteiger partial charge is 0.396 e. The summed E-state index contributed by atoms with van der Waals surface area (Å²) in [5.41, 5.74) is -0.441. The summed E-state index contributed by atoms with van der Waals surface area (Å²) in [5.74, 6) is -1.24. The molecule has 124 valence electrons. The van der Waals surface area contributed by atoms with Gasteiger partial charge in [-0.25, -0.2) is 0 Å². The molecule has 1 amide bonds. The summed E-state index contributed by atoms with van der Waals surface area (Å²) in [7, 11) is -0.880. The van der Waals surface area contributed by atoms with Gasteiger partial charge in [-0.2, -0.15) is 12.7 Å². The van der Waals surface area contributed by atoms with Crippen LogP contribution in [0.4, 0.5) is 0 Å². The van der Waals surface area contributed by atoms with Crippen molar-refractivity contribution >= 4 is 34.1 Å². The molecule has 0 aliphatic carbocycles. The lowest BCUT2D eigenvalue weighted by molar-refractivity contribution is -0.185. The Morgan fingerprint density at radius 3 is 2.10 bits per heavy atom. The topological polar surface area (TPSA) is 72.9 Å². The summed E-state index contributed by atoms with van der Waals surface area (Å²) in [5, 5.41) is 0. The molecule has 1 saturated heterocycles. The van der Waals surface area contributed by atoms with Crippen molar-refractivity contribution in [1.29, 1.82) is 0 Å². The summed E-state index contributed by atoms with van der Waals surface area (Å²) in [6.07, 6.45) is -1.35. The van der Waals surface area contributed by atoms with Crippen LogP contribution in [-0.2, 0) is 23.2 Å². The molecule has 1 aliphatic heterocycles. The zero-order valence-corrected chi connectivity index (χ0v) is 16.1. The van der Waals surface area contributed by atoms with E-state index >= 15 is 0 Å². The van der Waals surface area contributed by atoms with E-state index in [1.54, 1.807) is 6.92 Å². The van der Waals surface area contributed by atoms with Crippen molar-refractivity contribution in [3.8, 4) is 0 Å². The Labute approximate surface area is 132 Å². The predicted molar refractivity (Wildman–Crippen MR) is 83.6 cm³/mol. The molecule has 3 unspecified atom stereocenters. The van der Waals surface area contributed by atoms with Gasteiger partial charge in [-0.3, -0.25) is 4.79 Å². The highest BCUT2D eigenvalue weighted by atomic mass is 35.7. The van der Waals surface area contributed by atoms with Crippen LogP contribution in [0.15, 0.2) is 0 Å². The molecule has 1 fully saturated rings. The van der Waals surface area contributed by atoms with E-state index in [4.69, 9.17) is 19.8 Å². The van der Waals surface area contributed by atoms with Crippen molar-refractivity contribution in [1.82, 2.24) is 4.31 Å². The van der Waals surface area contributed by atoms with E-state index in [-0.39, 0.29) is 0 Å². The molecule has 0 aromatic heterocycles. The molecule has 9 heteroatoms. The first-order chi connectivity index (χ1) is 9.13. The van der Waals surface area contributed by atoms with Gasteiger partial charge in [0.2, 0.25) is 5.91 Å². The fourth-order valence-corrected chi connectivity index (χ4v) is 4.49. The predicted octanol–water partition coefficient (Wildman–Crippen LogP) is 2.31. The van der Waals surface area contributed by atoms with Gasteiger partial charge in [-0.15, -0.1) is 0 Å². The Morgan fingerprint density at radius 2 is 1.76 bits per heavy atom. The van der Waals surface area contributed by atoms with E-state index < -0.39 is 47.3 Å². The number of rotatable bonds is 5. The Hall–Kier alpha value is -0.153. The van der Waals surface area contributed by atoms with E-state index in [0.29, 0.717) is 4.31 Å². The summed E-state index contributed by atoms with van der Waals surface area (Å²) in [4.78, 5) is 12.1. The van der Waals surface area contributed by atoms with Crippen molar-refractivity contribution in [2.24, 2.45) is 5.92 Å². The standard InChI is InChI=1S/C12H24ClNO5SSi/c1-8(18-12(2,3)4)9-10(15)14(20(13,16)17)11(9)19-21(5,6)7/h8-9,11H,1-7H3. The van der Waals surface area contributed by atoms with E-state index in [9.17, 15) is 13.2 Å². The molecule has 21 heavy (non-hydrogen) atoms. The second-order valence-electron chi connectivity index (χ2n) is 7.16. The number of ether oxygens (including phenoxy) is 1. The molecular formula is C12H24ClNO5SSi. The molecule has 1 aliphatic rings. The molecule has 3 atom stereocenters. The number of amides is 1. The molecule has 0 aromatic carbocycles. The maximum Gasteiger partial charge on any atom is 0.326 e. The van der Waals surface area contributed by atoms with Crippen molar-refractivity contribution in [2.45, 2.75) is 65.3 Å². The molecular weight excluding hydrogens is 334 g/mol. The van der Waals surface area contributed by atoms with Crippen molar-refractivity contribution in [3.05, 3.63) is 0 Å². The van der Waals surface area contributed by atoms with Gasteiger partial charge in [0, 0.05) is 10.7 Å². The van der Waals surface area contributed by atoms with Crippen LogP contribution in [0.5, 0.6) is 0 Å². The summed E-state index contributed by atoms with van der Waals surface area (Å²) in [6.45, 7) is 13.1. The van der Waals surface area contributed by atoms with Crippen LogP contribution in [0.3, 0.4) is 0 Å². The second-order valence-corrected chi connectivity index (χ2v) is 14.0. The van der Waals surface area contributed by atoms with Crippen molar-refractivity contribution < 1.29 is 22.4 Å². The minimum absolute atomic E-state index is 0.441. The van der Waals surface area contributed by atoms with Gasteiger partial charge in [0.1, 0.15) is 5.92 Å².